The normalized spacial score (nSPS) is 14.9. The van der Waals surface area contributed by atoms with Gasteiger partial charge < -0.3 is 15.2 Å². The van der Waals surface area contributed by atoms with Gasteiger partial charge in [-0.3, -0.25) is 19.7 Å². The number of ketones is 1. The Kier molecular flexibility index (Phi) is 4.11. The minimum atomic E-state index is -0.633. The third-order valence-corrected chi connectivity index (χ3v) is 3.95. The van der Waals surface area contributed by atoms with Crippen LogP contribution in [0.25, 0.3) is 0 Å². The first-order valence-electron chi connectivity index (χ1n) is 7.81. The summed E-state index contributed by atoms with van der Waals surface area (Å²) in [5, 5.41) is 23.0. The van der Waals surface area contributed by atoms with Crippen molar-refractivity contribution in [2.24, 2.45) is 0 Å². The van der Waals surface area contributed by atoms with E-state index in [4.69, 9.17) is 4.74 Å². The average Bonchev–Trinajstić information content (AvgIpc) is 2.55. The zero-order valence-corrected chi connectivity index (χ0v) is 14.1. The van der Waals surface area contributed by atoms with Crippen molar-refractivity contribution in [1.82, 2.24) is 0 Å². The fourth-order valence-corrected chi connectivity index (χ4v) is 2.73. The molecule has 0 aliphatic carbocycles. The molecule has 0 bridgehead atoms. The molecule has 1 heterocycles. The summed E-state index contributed by atoms with van der Waals surface area (Å²) >= 11 is 0. The predicted molar refractivity (Wildman–Crippen MR) is 92.8 cm³/mol. The molecule has 1 aliphatic rings. The number of anilines is 1. The molecule has 0 fully saturated rings. The molecular formula is C18H16N2O6. The number of rotatable bonds is 3. The van der Waals surface area contributed by atoms with E-state index >= 15 is 0 Å². The molecule has 3 rings (SSSR count). The van der Waals surface area contributed by atoms with Crippen molar-refractivity contribution in [2.75, 3.05) is 5.32 Å². The van der Waals surface area contributed by atoms with Crippen LogP contribution in [0.3, 0.4) is 0 Å². The first kappa shape index (κ1) is 17.4. The Morgan fingerprint density at radius 3 is 2.69 bits per heavy atom. The number of amides is 1. The highest BCUT2D eigenvalue weighted by Crippen LogP contribution is 2.34. The summed E-state index contributed by atoms with van der Waals surface area (Å²) in [6, 6.07) is 7.74. The molecule has 0 saturated heterocycles. The van der Waals surface area contributed by atoms with Crippen LogP contribution in [0.5, 0.6) is 11.5 Å². The van der Waals surface area contributed by atoms with Crippen LogP contribution in [0.15, 0.2) is 36.4 Å². The first-order valence-corrected chi connectivity index (χ1v) is 7.81. The van der Waals surface area contributed by atoms with Crippen LogP contribution in [-0.4, -0.2) is 27.3 Å². The van der Waals surface area contributed by atoms with Crippen LogP contribution < -0.4 is 10.1 Å². The summed E-state index contributed by atoms with van der Waals surface area (Å²) in [7, 11) is 0. The number of carbonyl (C=O) groups is 2. The number of fused-ring (bicyclic) bond motifs is 1. The third-order valence-electron chi connectivity index (χ3n) is 3.95. The quantitative estimate of drug-likeness (QED) is 0.495. The molecule has 2 aromatic rings. The molecule has 0 saturated carbocycles. The van der Waals surface area contributed by atoms with Crippen LogP contribution in [0.1, 0.15) is 41.0 Å². The topological polar surface area (TPSA) is 119 Å². The number of hydrogen-bond donors (Lipinski definition) is 2. The van der Waals surface area contributed by atoms with Crippen molar-refractivity contribution in [3.63, 3.8) is 0 Å². The van der Waals surface area contributed by atoms with E-state index in [2.05, 4.69) is 5.32 Å². The number of nitrogens with zero attached hydrogens (tertiary/aromatic N) is 1. The molecule has 0 spiro atoms. The zero-order valence-electron chi connectivity index (χ0n) is 14.1. The SMILES string of the molecule is CC1(C)CC(=O)c2cc(C(=O)Nc3cc([N+](=O)[O-])ccc3O)ccc2O1. The van der Waals surface area contributed by atoms with Crippen molar-refractivity contribution in [1.29, 1.82) is 0 Å². The summed E-state index contributed by atoms with van der Waals surface area (Å²) in [6.45, 7) is 3.61. The van der Waals surface area contributed by atoms with Gasteiger partial charge in [0.1, 0.15) is 17.1 Å². The minimum absolute atomic E-state index is 0.0920. The second kappa shape index (κ2) is 6.14. The van der Waals surface area contributed by atoms with Crippen molar-refractivity contribution >= 4 is 23.1 Å². The molecular weight excluding hydrogens is 340 g/mol. The van der Waals surface area contributed by atoms with Crippen LogP contribution in [0.4, 0.5) is 11.4 Å². The Labute approximate surface area is 148 Å². The Morgan fingerprint density at radius 1 is 1.27 bits per heavy atom. The second-order valence-electron chi connectivity index (χ2n) is 6.59. The molecule has 1 aliphatic heterocycles. The molecule has 0 unspecified atom stereocenters. The van der Waals surface area contributed by atoms with E-state index in [0.29, 0.717) is 11.3 Å². The van der Waals surface area contributed by atoms with Crippen molar-refractivity contribution < 1.29 is 24.4 Å². The summed E-state index contributed by atoms with van der Waals surface area (Å²) < 4.78 is 5.74. The van der Waals surface area contributed by atoms with Crippen molar-refractivity contribution in [3.05, 3.63) is 57.6 Å². The van der Waals surface area contributed by atoms with Gasteiger partial charge in [-0.05, 0) is 38.1 Å². The van der Waals surface area contributed by atoms with Crippen LogP contribution in [0.2, 0.25) is 0 Å². The summed E-state index contributed by atoms with van der Waals surface area (Å²) in [5.74, 6) is -0.644. The Balaban J connectivity index is 1.88. The van der Waals surface area contributed by atoms with Gasteiger partial charge in [0.2, 0.25) is 0 Å². The number of phenolic OH excluding ortho intramolecular Hbond substituents is 1. The van der Waals surface area contributed by atoms with E-state index in [1.807, 2.05) is 0 Å². The van der Waals surface area contributed by atoms with Crippen molar-refractivity contribution in [2.45, 2.75) is 25.9 Å². The molecule has 8 nitrogen and oxygen atoms in total. The van der Waals surface area contributed by atoms with Gasteiger partial charge in [-0.1, -0.05) is 0 Å². The number of nitro benzene ring substituents is 1. The van der Waals surface area contributed by atoms with Gasteiger partial charge in [-0.2, -0.15) is 0 Å². The molecule has 0 aromatic heterocycles. The number of benzene rings is 2. The number of carbonyl (C=O) groups excluding carboxylic acids is 2. The summed E-state index contributed by atoms with van der Waals surface area (Å²) in [4.78, 5) is 34.9. The van der Waals surface area contributed by atoms with Crippen LogP contribution >= 0.6 is 0 Å². The third kappa shape index (κ3) is 3.34. The first-order chi connectivity index (χ1) is 12.2. The van der Waals surface area contributed by atoms with E-state index in [0.717, 1.165) is 18.2 Å². The lowest BCUT2D eigenvalue weighted by molar-refractivity contribution is -0.384. The lowest BCUT2D eigenvalue weighted by Gasteiger charge is -2.31. The minimum Gasteiger partial charge on any atom is -0.506 e. The second-order valence-corrected chi connectivity index (χ2v) is 6.59. The molecule has 26 heavy (non-hydrogen) atoms. The fourth-order valence-electron chi connectivity index (χ4n) is 2.73. The zero-order chi connectivity index (χ0) is 19.1. The highest BCUT2D eigenvalue weighted by Gasteiger charge is 2.32. The fraction of sp³-hybridized carbons (Fsp3) is 0.222. The molecule has 134 valence electrons. The maximum atomic E-state index is 12.4. The maximum absolute atomic E-state index is 12.4. The van der Waals surface area contributed by atoms with Gasteiger partial charge in [0, 0.05) is 17.7 Å². The molecule has 2 N–H and O–H groups in total. The average molecular weight is 356 g/mol. The summed E-state index contributed by atoms with van der Waals surface area (Å²) in [5.41, 5.74) is -0.491. The van der Waals surface area contributed by atoms with Gasteiger partial charge in [0.15, 0.2) is 5.78 Å². The van der Waals surface area contributed by atoms with E-state index < -0.39 is 16.4 Å². The van der Waals surface area contributed by atoms with E-state index in [9.17, 15) is 24.8 Å². The van der Waals surface area contributed by atoms with Gasteiger partial charge in [-0.25, -0.2) is 0 Å². The smallest absolute Gasteiger partial charge is 0.271 e. The van der Waals surface area contributed by atoms with Gasteiger partial charge >= 0.3 is 0 Å². The Bertz CT molecular complexity index is 935. The number of nitrogens with one attached hydrogen (secondary N) is 1. The lowest BCUT2D eigenvalue weighted by Crippen LogP contribution is -2.36. The summed E-state index contributed by atoms with van der Waals surface area (Å²) in [6.07, 6.45) is 0.191. The molecule has 1 amide bonds. The monoisotopic (exact) mass is 356 g/mol. The number of nitro groups is 1. The van der Waals surface area contributed by atoms with E-state index in [-0.39, 0.29) is 34.9 Å². The van der Waals surface area contributed by atoms with Crippen LogP contribution in [-0.2, 0) is 0 Å². The molecule has 0 radical (unpaired) electrons. The number of aromatic hydroxyl groups is 1. The maximum Gasteiger partial charge on any atom is 0.271 e. The van der Waals surface area contributed by atoms with Crippen LogP contribution in [0, 0.1) is 10.1 Å². The largest absolute Gasteiger partial charge is 0.506 e. The van der Waals surface area contributed by atoms with Gasteiger partial charge in [0.25, 0.3) is 11.6 Å². The molecule has 8 heteroatoms. The lowest BCUT2D eigenvalue weighted by atomic mass is 9.92. The standard InChI is InChI=1S/C18H16N2O6/c1-18(2)9-15(22)12-7-10(3-6-16(12)26-18)17(23)19-13-8-11(20(24)25)4-5-14(13)21/h3-8,21H,9H2,1-2H3,(H,19,23). The van der Waals surface area contributed by atoms with Crippen molar-refractivity contribution in [3.8, 4) is 11.5 Å². The number of ether oxygens (including phenoxy) is 1. The van der Waals surface area contributed by atoms with Gasteiger partial charge in [0.05, 0.1) is 22.6 Å². The van der Waals surface area contributed by atoms with Gasteiger partial charge in [-0.15, -0.1) is 0 Å². The highest BCUT2D eigenvalue weighted by atomic mass is 16.6. The Morgan fingerprint density at radius 2 is 2.00 bits per heavy atom. The van der Waals surface area contributed by atoms with E-state index in [1.54, 1.807) is 13.8 Å². The number of Topliss-reactive ketones (excluding diaryl/α,β-unsaturated/α-hetero) is 1. The Hall–Kier alpha value is -3.42. The predicted octanol–water partition coefficient (Wildman–Crippen LogP) is 3.30. The number of phenols is 1. The highest BCUT2D eigenvalue weighted by molar-refractivity contribution is 6.08. The molecule has 0 atom stereocenters. The molecule has 2 aromatic carbocycles. The number of hydrogen-bond acceptors (Lipinski definition) is 6. The van der Waals surface area contributed by atoms with E-state index in [1.165, 1.54) is 18.2 Å². The number of non-ortho nitro benzene ring substituents is 1.